The standard InChI is InChI=1S/C23H27N3O2S/c1-14-11-12-17(13-15(14)2)26-21(28)18-9-7-8-10-19(18)24-22(26)29-16(3)20(27)25-23(4,5)6/h7-13,16H,1-6H3,(H,25,27). The van der Waals surface area contributed by atoms with Gasteiger partial charge in [-0.25, -0.2) is 4.98 Å². The number of hydrogen-bond donors (Lipinski definition) is 1. The van der Waals surface area contributed by atoms with Gasteiger partial charge >= 0.3 is 0 Å². The van der Waals surface area contributed by atoms with Gasteiger partial charge in [-0.3, -0.25) is 14.2 Å². The largest absolute Gasteiger partial charge is 0.351 e. The van der Waals surface area contributed by atoms with Gasteiger partial charge in [-0.1, -0.05) is 30.0 Å². The normalized spacial score (nSPS) is 12.8. The van der Waals surface area contributed by atoms with Crippen molar-refractivity contribution in [2.45, 2.75) is 57.5 Å². The maximum atomic E-state index is 13.3. The van der Waals surface area contributed by atoms with Crippen LogP contribution in [0.15, 0.2) is 52.4 Å². The second-order valence-corrected chi connectivity index (χ2v) is 9.63. The molecule has 0 radical (unpaired) electrons. The molecule has 6 heteroatoms. The molecule has 5 nitrogen and oxygen atoms in total. The molecule has 0 bridgehead atoms. The van der Waals surface area contributed by atoms with E-state index in [1.165, 1.54) is 11.8 Å². The smallest absolute Gasteiger partial charge is 0.266 e. The van der Waals surface area contributed by atoms with Gasteiger partial charge in [0.25, 0.3) is 5.56 Å². The zero-order valence-electron chi connectivity index (χ0n) is 17.7. The lowest BCUT2D eigenvalue weighted by Crippen LogP contribution is -2.44. The van der Waals surface area contributed by atoms with E-state index >= 15 is 0 Å². The second-order valence-electron chi connectivity index (χ2n) is 8.32. The summed E-state index contributed by atoms with van der Waals surface area (Å²) >= 11 is 1.29. The van der Waals surface area contributed by atoms with Crippen LogP contribution in [0.2, 0.25) is 0 Å². The van der Waals surface area contributed by atoms with Gasteiger partial charge in [-0.05, 0) is 76.9 Å². The topological polar surface area (TPSA) is 64.0 Å². The predicted molar refractivity (Wildman–Crippen MR) is 120 cm³/mol. The van der Waals surface area contributed by atoms with Crippen LogP contribution in [-0.4, -0.2) is 26.2 Å². The summed E-state index contributed by atoms with van der Waals surface area (Å²) in [5.74, 6) is -0.0865. The van der Waals surface area contributed by atoms with Crippen LogP contribution in [-0.2, 0) is 4.79 Å². The summed E-state index contributed by atoms with van der Waals surface area (Å²) < 4.78 is 1.61. The molecule has 29 heavy (non-hydrogen) atoms. The molecular weight excluding hydrogens is 382 g/mol. The molecule has 0 aliphatic carbocycles. The SMILES string of the molecule is Cc1ccc(-n2c(SC(C)C(=O)NC(C)(C)C)nc3ccccc3c2=O)cc1C. The van der Waals surface area contributed by atoms with E-state index in [0.717, 1.165) is 16.8 Å². The van der Waals surface area contributed by atoms with Crippen LogP contribution >= 0.6 is 11.8 Å². The molecule has 1 amide bonds. The van der Waals surface area contributed by atoms with E-state index in [1.807, 2.05) is 77.9 Å². The van der Waals surface area contributed by atoms with Crippen LogP contribution in [0, 0.1) is 13.8 Å². The van der Waals surface area contributed by atoms with E-state index in [0.29, 0.717) is 16.1 Å². The maximum Gasteiger partial charge on any atom is 0.266 e. The Bertz CT molecular complexity index is 1130. The van der Waals surface area contributed by atoms with E-state index in [1.54, 1.807) is 10.6 Å². The number of aryl methyl sites for hydroxylation is 2. The number of para-hydroxylation sites is 1. The molecule has 0 spiro atoms. The average Bonchev–Trinajstić information content (AvgIpc) is 2.63. The summed E-state index contributed by atoms with van der Waals surface area (Å²) in [6.07, 6.45) is 0. The molecule has 0 saturated carbocycles. The van der Waals surface area contributed by atoms with Gasteiger partial charge in [0.1, 0.15) is 0 Å². The first-order valence-electron chi connectivity index (χ1n) is 9.65. The van der Waals surface area contributed by atoms with Gasteiger partial charge < -0.3 is 5.32 Å². The third kappa shape index (κ3) is 4.70. The van der Waals surface area contributed by atoms with Crippen molar-refractivity contribution in [2.75, 3.05) is 0 Å². The minimum absolute atomic E-state index is 0.0865. The van der Waals surface area contributed by atoms with Crippen molar-refractivity contribution in [1.82, 2.24) is 14.9 Å². The molecule has 3 aromatic rings. The van der Waals surface area contributed by atoms with Gasteiger partial charge in [0.2, 0.25) is 5.91 Å². The number of thioether (sulfide) groups is 1. The van der Waals surface area contributed by atoms with Crippen LogP contribution in [0.3, 0.4) is 0 Å². The average molecular weight is 410 g/mol. The maximum absolute atomic E-state index is 13.3. The number of hydrogen-bond acceptors (Lipinski definition) is 4. The molecule has 0 aliphatic heterocycles. The highest BCUT2D eigenvalue weighted by Gasteiger charge is 2.23. The third-order valence-electron chi connectivity index (χ3n) is 4.64. The van der Waals surface area contributed by atoms with E-state index < -0.39 is 5.25 Å². The van der Waals surface area contributed by atoms with Crippen LogP contribution < -0.4 is 10.9 Å². The van der Waals surface area contributed by atoms with Crippen LogP contribution in [0.1, 0.15) is 38.8 Å². The Morgan fingerprint density at radius 3 is 2.45 bits per heavy atom. The second kappa shape index (κ2) is 8.03. The lowest BCUT2D eigenvalue weighted by Gasteiger charge is -2.23. The van der Waals surface area contributed by atoms with Gasteiger partial charge in [0.15, 0.2) is 5.16 Å². The van der Waals surface area contributed by atoms with Gasteiger partial charge in [0, 0.05) is 5.54 Å². The quantitative estimate of drug-likeness (QED) is 0.512. The summed E-state index contributed by atoms with van der Waals surface area (Å²) in [6, 6.07) is 13.2. The van der Waals surface area contributed by atoms with Crippen molar-refractivity contribution in [3.63, 3.8) is 0 Å². The molecule has 1 aromatic heterocycles. The fraction of sp³-hybridized carbons (Fsp3) is 0.348. The first-order chi connectivity index (χ1) is 13.6. The highest BCUT2D eigenvalue weighted by molar-refractivity contribution is 8.00. The Kier molecular flexibility index (Phi) is 5.85. The molecule has 0 saturated heterocycles. The van der Waals surface area contributed by atoms with Crippen LogP contribution in [0.25, 0.3) is 16.6 Å². The molecule has 152 valence electrons. The zero-order chi connectivity index (χ0) is 21.3. The lowest BCUT2D eigenvalue weighted by atomic mass is 10.1. The Hall–Kier alpha value is -2.60. The highest BCUT2D eigenvalue weighted by atomic mass is 32.2. The first kappa shape index (κ1) is 21.1. The minimum atomic E-state index is -0.403. The number of nitrogens with zero attached hydrogens (tertiary/aromatic N) is 2. The van der Waals surface area contributed by atoms with Crippen molar-refractivity contribution >= 4 is 28.6 Å². The van der Waals surface area contributed by atoms with Crippen LogP contribution in [0.5, 0.6) is 0 Å². The number of rotatable bonds is 4. The Labute approximate surface area is 175 Å². The Balaban J connectivity index is 2.13. The fourth-order valence-corrected chi connectivity index (χ4v) is 3.89. The van der Waals surface area contributed by atoms with E-state index in [2.05, 4.69) is 5.32 Å². The third-order valence-corrected chi connectivity index (χ3v) is 5.70. The number of aromatic nitrogens is 2. The minimum Gasteiger partial charge on any atom is -0.351 e. The molecule has 2 aromatic carbocycles. The van der Waals surface area contributed by atoms with Crippen LogP contribution in [0.4, 0.5) is 0 Å². The number of amides is 1. The number of carbonyl (C=O) groups is 1. The van der Waals surface area contributed by atoms with E-state index in [9.17, 15) is 9.59 Å². The molecular formula is C23H27N3O2S. The predicted octanol–water partition coefficient (Wildman–Crippen LogP) is 4.40. The van der Waals surface area contributed by atoms with Crippen molar-refractivity contribution in [2.24, 2.45) is 0 Å². The molecule has 1 N–H and O–H groups in total. The van der Waals surface area contributed by atoms with Crippen molar-refractivity contribution in [1.29, 1.82) is 0 Å². The van der Waals surface area contributed by atoms with Crippen molar-refractivity contribution < 1.29 is 4.79 Å². The van der Waals surface area contributed by atoms with E-state index in [4.69, 9.17) is 4.98 Å². The number of benzene rings is 2. The van der Waals surface area contributed by atoms with Gasteiger partial charge in [0.05, 0.1) is 21.8 Å². The molecule has 1 heterocycles. The Morgan fingerprint density at radius 2 is 1.79 bits per heavy atom. The first-order valence-corrected chi connectivity index (χ1v) is 10.5. The number of fused-ring (bicyclic) bond motifs is 1. The molecule has 0 aliphatic rings. The van der Waals surface area contributed by atoms with E-state index in [-0.39, 0.29) is 17.0 Å². The summed E-state index contributed by atoms with van der Waals surface area (Å²) in [5.41, 5.74) is 3.17. The summed E-state index contributed by atoms with van der Waals surface area (Å²) in [7, 11) is 0. The molecule has 1 unspecified atom stereocenters. The highest BCUT2D eigenvalue weighted by Crippen LogP contribution is 2.26. The molecule has 1 atom stereocenters. The van der Waals surface area contributed by atoms with Gasteiger partial charge in [-0.15, -0.1) is 0 Å². The fourth-order valence-electron chi connectivity index (χ4n) is 2.97. The summed E-state index contributed by atoms with van der Waals surface area (Å²) in [6.45, 7) is 11.7. The summed E-state index contributed by atoms with van der Waals surface area (Å²) in [5, 5.41) is 3.65. The summed E-state index contributed by atoms with van der Waals surface area (Å²) in [4.78, 5) is 30.7. The molecule has 0 fully saturated rings. The molecule has 3 rings (SSSR count). The zero-order valence-corrected chi connectivity index (χ0v) is 18.6. The Morgan fingerprint density at radius 1 is 1.10 bits per heavy atom. The van der Waals surface area contributed by atoms with Gasteiger partial charge in [-0.2, -0.15) is 0 Å². The number of carbonyl (C=O) groups excluding carboxylic acids is 1. The number of nitrogens with one attached hydrogen (secondary N) is 1. The lowest BCUT2D eigenvalue weighted by molar-refractivity contribution is -0.121. The van der Waals surface area contributed by atoms with Crippen molar-refractivity contribution in [3.8, 4) is 5.69 Å². The monoisotopic (exact) mass is 409 g/mol. The van der Waals surface area contributed by atoms with Crippen molar-refractivity contribution in [3.05, 3.63) is 63.9 Å².